The predicted molar refractivity (Wildman–Crippen MR) is 98.8 cm³/mol. The Morgan fingerprint density at radius 3 is 2.71 bits per heavy atom. The SMILES string of the molecule is COCCN1C(=O)C[C@@](CC(=O)N2C[C@H]3CC[C@H]2C3)(c2ccccc2F)C1=O. The van der Waals surface area contributed by atoms with Crippen LogP contribution in [0.5, 0.6) is 0 Å². The fourth-order valence-electron chi connectivity index (χ4n) is 5.09. The molecule has 3 atom stereocenters. The lowest BCUT2D eigenvalue weighted by molar-refractivity contribution is -0.143. The molecule has 3 fully saturated rings. The second-order valence-electron chi connectivity index (χ2n) is 8.14. The van der Waals surface area contributed by atoms with Crippen LogP contribution in [-0.2, 0) is 24.5 Å². The zero-order valence-electron chi connectivity index (χ0n) is 16.0. The Morgan fingerprint density at radius 1 is 1.29 bits per heavy atom. The lowest BCUT2D eigenvalue weighted by Crippen LogP contribution is -2.46. The summed E-state index contributed by atoms with van der Waals surface area (Å²) in [7, 11) is 1.49. The van der Waals surface area contributed by atoms with Crippen LogP contribution in [0.1, 0.15) is 37.7 Å². The minimum atomic E-state index is -1.48. The number of rotatable bonds is 6. The van der Waals surface area contributed by atoms with Crippen molar-refractivity contribution < 1.29 is 23.5 Å². The molecule has 1 aromatic rings. The van der Waals surface area contributed by atoms with E-state index in [2.05, 4.69) is 0 Å². The molecule has 0 spiro atoms. The van der Waals surface area contributed by atoms with Crippen molar-refractivity contribution in [3.8, 4) is 0 Å². The summed E-state index contributed by atoms with van der Waals surface area (Å²) < 4.78 is 19.7. The largest absolute Gasteiger partial charge is 0.383 e. The fourth-order valence-corrected chi connectivity index (χ4v) is 5.09. The standard InChI is InChI=1S/C21H25FN2O4/c1-28-9-8-23-18(25)11-21(20(23)27,16-4-2-3-5-17(16)22)12-19(26)24-13-14-6-7-15(24)10-14/h2-5,14-15H,6-13H2,1H3/t14-,15-,21+/m0/s1. The second-order valence-corrected chi connectivity index (χ2v) is 8.14. The molecule has 0 unspecified atom stereocenters. The number of hydrogen-bond donors (Lipinski definition) is 0. The predicted octanol–water partition coefficient (Wildman–Crippen LogP) is 1.87. The molecule has 0 N–H and O–H groups in total. The molecular weight excluding hydrogens is 363 g/mol. The number of hydrogen-bond acceptors (Lipinski definition) is 4. The van der Waals surface area contributed by atoms with E-state index in [0.717, 1.165) is 24.2 Å². The fraction of sp³-hybridized carbons (Fsp3) is 0.571. The highest BCUT2D eigenvalue weighted by Crippen LogP contribution is 2.43. The van der Waals surface area contributed by atoms with E-state index in [1.54, 1.807) is 6.07 Å². The minimum absolute atomic E-state index is 0.104. The summed E-state index contributed by atoms with van der Waals surface area (Å²) in [5, 5.41) is 0. The van der Waals surface area contributed by atoms with Gasteiger partial charge in [0.05, 0.1) is 18.6 Å². The van der Waals surface area contributed by atoms with E-state index in [9.17, 15) is 18.8 Å². The lowest BCUT2D eigenvalue weighted by atomic mass is 9.75. The van der Waals surface area contributed by atoms with Crippen LogP contribution in [0.25, 0.3) is 0 Å². The molecule has 2 saturated heterocycles. The maximum atomic E-state index is 14.7. The van der Waals surface area contributed by atoms with Gasteiger partial charge in [0.2, 0.25) is 17.7 Å². The number of piperidine rings is 1. The van der Waals surface area contributed by atoms with E-state index in [1.807, 2.05) is 4.90 Å². The third kappa shape index (κ3) is 3.02. The van der Waals surface area contributed by atoms with Gasteiger partial charge in [-0.25, -0.2) is 4.39 Å². The van der Waals surface area contributed by atoms with Crippen LogP contribution in [0.15, 0.2) is 24.3 Å². The van der Waals surface area contributed by atoms with E-state index in [0.29, 0.717) is 12.5 Å². The first-order valence-corrected chi connectivity index (χ1v) is 9.84. The number of halogens is 1. The Hall–Kier alpha value is -2.28. The summed E-state index contributed by atoms with van der Waals surface area (Å²) in [4.78, 5) is 42.0. The van der Waals surface area contributed by atoms with Gasteiger partial charge in [0.25, 0.3) is 0 Å². The van der Waals surface area contributed by atoms with Gasteiger partial charge < -0.3 is 9.64 Å². The van der Waals surface area contributed by atoms with Gasteiger partial charge in [0.15, 0.2) is 0 Å². The van der Waals surface area contributed by atoms with Crippen LogP contribution in [-0.4, -0.2) is 60.4 Å². The number of methoxy groups -OCH3 is 1. The smallest absolute Gasteiger partial charge is 0.241 e. The van der Waals surface area contributed by atoms with Gasteiger partial charge in [-0.1, -0.05) is 18.2 Å². The Bertz CT molecular complexity index is 813. The second kappa shape index (κ2) is 7.28. The first-order chi connectivity index (χ1) is 13.5. The van der Waals surface area contributed by atoms with Crippen molar-refractivity contribution >= 4 is 17.7 Å². The maximum absolute atomic E-state index is 14.7. The van der Waals surface area contributed by atoms with Crippen LogP contribution in [0.4, 0.5) is 4.39 Å². The molecule has 3 aliphatic rings. The van der Waals surface area contributed by atoms with Gasteiger partial charge in [-0.3, -0.25) is 19.3 Å². The average Bonchev–Trinajstić information content (AvgIpc) is 3.36. The first kappa shape index (κ1) is 19.1. The molecule has 6 nitrogen and oxygen atoms in total. The Labute approximate surface area is 163 Å². The third-order valence-electron chi connectivity index (χ3n) is 6.50. The van der Waals surface area contributed by atoms with E-state index >= 15 is 0 Å². The Morgan fingerprint density at radius 2 is 2.07 bits per heavy atom. The summed E-state index contributed by atoms with van der Waals surface area (Å²) in [6, 6.07) is 6.18. The summed E-state index contributed by atoms with van der Waals surface area (Å²) in [6.07, 6.45) is 2.76. The normalized spacial score (nSPS) is 29.2. The number of benzene rings is 1. The summed E-state index contributed by atoms with van der Waals surface area (Å²) in [5.41, 5.74) is -1.35. The number of fused-ring (bicyclic) bond motifs is 2. The molecule has 2 aliphatic heterocycles. The van der Waals surface area contributed by atoms with Gasteiger partial charge in [0.1, 0.15) is 5.82 Å². The molecule has 1 aromatic carbocycles. The van der Waals surface area contributed by atoms with E-state index in [1.165, 1.54) is 25.3 Å². The number of nitrogens with zero attached hydrogens (tertiary/aromatic N) is 2. The van der Waals surface area contributed by atoms with Crippen LogP contribution in [0.3, 0.4) is 0 Å². The zero-order chi connectivity index (χ0) is 19.9. The van der Waals surface area contributed by atoms with Crippen molar-refractivity contribution in [2.24, 2.45) is 5.92 Å². The van der Waals surface area contributed by atoms with Crippen molar-refractivity contribution in [2.45, 2.75) is 43.6 Å². The zero-order valence-corrected chi connectivity index (χ0v) is 16.0. The Balaban J connectivity index is 1.67. The topological polar surface area (TPSA) is 66.9 Å². The van der Waals surface area contributed by atoms with E-state index < -0.39 is 17.1 Å². The first-order valence-electron chi connectivity index (χ1n) is 9.84. The van der Waals surface area contributed by atoms with Crippen molar-refractivity contribution in [1.29, 1.82) is 0 Å². The van der Waals surface area contributed by atoms with Gasteiger partial charge in [-0.15, -0.1) is 0 Å². The maximum Gasteiger partial charge on any atom is 0.241 e. The molecule has 3 amide bonds. The van der Waals surface area contributed by atoms with E-state index in [-0.39, 0.29) is 49.4 Å². The van der Waals surface area contributed by atoms with Gasteiger partial charge >= 0.3 is 0 Å². The van der Waals surface area contributed by atoms with Gasteiger partial charge in [-0.2, -0.15) is 0 Å². The van der Waals surface area contributed by atoms with Crippen molar-refractivity contribution in [2.75, 3.05) is 26.8 Å². The molecule has 0 radical (unpaired) electrons. The number of carbonyl (C=O) groups is 3. The highest BCUT2D eigenvalue weighted by molar-refractivity contribution is 6.10. The van der Waals surface area contributed by atoms with E-state index in [4.69, 9.17) is 4.74 Å². The monoisotopic (exact) mass is 388 g/mol. The molecule has 28 heavy (non-hydrogen) atoms. The van der Waals surface area contributed by atoms with Crippen LogP contribution >= 0.6 is 0 Å². The molecule has 1 aliphatic carbocycles. The molecule has 150 valence electrons. The lowest BCUT2D eigenvalue weighted by Gasteiger charge is -2.32. The molecule has 1 saturated carbocycles. The number of amides is 3. The van der Waals surface area contributed by atoms with Gasteiger partial charge in [0, 0.05) is 38.1 Å². The highest BCUT2D eigenvalue weighted by atomic mass is 19.1. The van der Waals surface area contributed by atoms with Crippen molar-refractivity contribution in [1.82, 2.24) is 9.80 Å². The summed E-state index contributed by atoms with van der Waals surface area (Å²) in [6.45, 7) is 1.01. The third-order valence-corrected chi connectivity index (χ3v) is 6.50. The van der Waals surface area contributed by atoms with Gasteiger partial charge in [-0.05, 0) is 31.2 Å². The summed E-state index contributed by atoms with van der Waals surface area (Å²) in [5.74, 6) is -1.09. The number of likely N-dealkylation sites (tertiary alicyclic amines) is 2. The molecule has 0 aromatic heterocycles. The number of carbonyl (C=O) groups excluding carboxylic acids is 3. The minimum Gasteiger partial charge on any atom is -0.383 e. The van der Waals surface area contributed by atoms with Crippen molar-refractivity contribution in [3.05, 3.63) is 35.6 Å². The number of imide groups is 1. The molecule has 7 heteroatoms. The molecule has 2 heterocycles. The molecular formula is C21H25FN2O4. The molecule has 2 bridgehead atoms. The highest BCUT2D eigenvalue weighted by Gasteiger charge is 2.55. The van der Waals surface area contributed by atoms with Crippen LogP contribution in [0, 0.1) is 11.7 Å². The Kier molecular flexibility index (Phi) is 4.95. The number of ether oxygens (including phenoxy) is 1. The molecule has 4 rings (SSSR count). The quantitative estimate of drug-likeness (QED) is 0.698. The van der Waals surface area contributed by atoms with Crippen LogP contribution in [0.2, 0.25) is 0 Å². The average molecular weight is 388 g/mol. The van der Waals surface area contributed by atoms with Crippen LogP contribution < -0.4 is 0 Å². The summed E-state index contributed by atoms with van der Waals surface area (Å²) >= 11 is 0. The van der Waals surface area contributed by atoms with Crippen molar-refractivity contribution in [3.63, 3.8) is 0 Å².